The number of amides is 1. The van der Waals surface area contributed by atoms with E-state index in [0.29, 0.717) is 11.3 Å². The smallest absolute Gasteiger partial charge is 0.235 e. The normalized spacial score (nSPS) is 15.8. The van der Waals surface area contributed by atoms with Crippen LogP contribution in [-0.2, 0) is 26.0 Å². The Morgan fingerprint density at radius 1 is 1.07 bits per heavy atom. The first kappa shape index (κ1) is 21.7. The van der Waals surface area contributed by atoms with Gasteiger partial charge >= 0.3 is 0 Å². The maximum atomic E-state index is 13.2. The van der Waals surface area contributed by atoms with Crippen molar-refractivity contribution in [1.82, 2.24) is 4.72 Å². The van der Waals surface area contributed by atoms with Crippen LogP contribution in [0.3, 0.4) is 0 Å². The highest BCUT2D eigenvalue weighted by atomic mass is 79.9. The van der Waals surface area contributed by atoms with Crippen molar-refractivity contribution in [2.75, 3.05) is 11.9 Å². The molecule has 2 aromatic carbocycles. The average molecular weight is 477 g/mol. The van der Waals surface area contributed by atoms with Crippen molar-refractivity contribution >= 4 is 37.5 Å². The predicted molar refractivity (Wildman–Crippen MR) is 120 cm³/mol. The number of halogens is 1. The van der Waals surface area contributed by atoms with Gasteiger partial charge < -0.3 is 5.32 Å². The summed E-state index contributed by atoms with van der Waals surface area (Å²) in [5, 5.41) is 3.03. The summed E-state index contributed by atoms with van der Waals surface area (Å²) in [6.07, 6.45) is 5.20. The Labute approximate surface area is 180 Å². The van der Waals surface area contributed by atoms with Crippen molar-refractivity contribution in [2.24, 2.45) is 0 Å². The molecule has 0 radical (unpaired) electrons. The van der Waals surface area contributed by atoms with Gasteiger partial charge in [0.2, 0.25) is 15.9 Å². The molecule has 7 heteroatoms. The molecule has 3 rings (SSSR count). The van der Waals surface area contributed by atoms with E-state index in [1.165, 1.54) is 6.08 Å². The van der Waals surface area contributed by atoms with Crippen LogP contribution in [0.15, 0.2) is 65.7 Å². The van der Waals surface area contributed by atoms with Crippen LogP contribution in [-0.4, -0.2) is 20.9 Å². The Morgan fingerprint density at radius 2 is 1.69 bits per heavy atom. The summed E-state index contributed by atoms with van der Waals surface area (Å²) in [4.78, 5) is 13.2. The molecule has 154 valence electrons. The third-order valence-electron chi connectivity index (χ3n) is 5.30. The summed E-state index contributed by atoms with van der Waals surface area (Å²) in [6, 6.07) is 14.9. The van der Waals surface area contributed by atoms with Crippen molar-refractivity contribution < 1.29 is 13.2 Å². The van der Waals surface area contributed by atoms with Gasteiger partial charge in [0.25, 0.3) is 0 Å². The number of anilines is 1. The quantitative estimate of drug-likeness (QED) is 0.550. The van der Waals surface area contributed by atoms with Gasteiger partial charge in [0.15, 0.2) is 0 Å². The second-order valence-corrected chi connectivity index (χ2v) is 10.1. The number of hydrogen-bond acceptors (Lipinski definition) is 3. The molecule has 0 saturated heterocycles. The Bertz CT molecular complexity index is 964. The van der Waals surface area contributed by atoms with Crippen LogP contribution < -0.4 is 10.0 Å². The van der Waals surface area contributed by atoms with E-state index < -0.39 is 15.4 Å². The molecule has 1 aliphatic carbocycles. The number of hydrogen-bond donors (Lipinski definition) is 2. The molecule has 5 nitrogen and oxygen atoms in total. The molecule has 0 bridgehead atoms. The van der Waals surface area contributed by atoms with Crippen molar-refractivity contribution in [1.29, 1.82) is 0 Å². The number of nitrogens with one attached hydrogen (secondary N) is 2. The number of rotatable bonds is 8. The Morgan fingerprint density at radius 3 is 2.28 bits per heavy atom. The number of benzene rings is 2. The van der Waals surface area contributed by atoms with Crippen LogP contribution in [0.5, 0.6) is 0 Å². The van der Waals surface area contributed by atoms with Gasteiger partial charge in [-0.2, -0.15) is 0 Å². The SMILES string of the molecule is C=CCNS(=O)(=O)Cc1ccc(NC(=O)C2(c3ccc(Br)cc3)CCCC2)cc1. The van der Waals surface area contributed by atoms with E-state index in [1.54, 1.807) is 24.3 Å². The van der Waals surface area contributed by atoms with E-state index in [2.05, 4.69) is 32.5 Å². The molecule has 0 atom stereocenters. The monoisotopic (exact) mass is 476 g/mol. The molecule has 2 aromatic rings. The first-order valence-corrected chi connectivity index (χ1v) is 12.0. The summed E-state index contributed by atoms with van der Waals surface area (Å²) in [5.41, 5.74) is 1.84. The summed E-state index contributed by atoms with van der Waals surface area (Å²) in [5.74, 6) is -0.122. The molecular formula is C22H25BrN2O3S. The fraction of sp³-hybridized carbons (Fsp3) is 0.318. The molecule has 0 unspecified atom stereocenters. The zero-order valence-corrected chi connectivity index (χ0v) is 18.6. The van der Waals surface area contributed by atoms with Gasteiger partial charge in [0, 0.05) is 16.7 Å². The first-order valence-electron chi connectivity index (χ1n) is 9.59. The molecule has 29 heavy (non-hydrogen) atoms. The zero-order valence-electron chi connectivity index (χ0n) is 16.2. The largest absolute Gasteiger partial charge is 0.325 e. The zero-order chi connectivity index (χ0) is 20.9. The highest BCUT2D eigenvalue weighted by Gasteiger charge is 2.42. The summed E-state index contributed by atoms with van der Waals surface area (Å²) >= 11 is 3.45. The van der Waals surface area contributed by atoms with E-state index in [0.717, 1.165) is 35.7 Å². The molecule has 0 aliphatic heterocycles. The van der Waals surface area contributed by atoms with Gasteiger partial charge in [-0.3, -0.25) is 4.79 Å². The van der Waals surface area contributed by atoms with Gasteiger partial charge in [0.1, 0.15) is 0 Å². The molecule has 0 heterocycles. The van der Waals surface area contributed by atoms with Crippen LogP contribution in [0.1, 0.15) is 36.8 Å². The Balaban J connectivity index is 1.72. The highest BCUT2D eigenvalue weighted by molar-refractivity contribution is 9.10. The van der Waals surface area contributed by atoms with E-state index in [1.807, 2.05) is 24.3 Å². The topological polar surface area (TPSA) is 75.3 Å². The Hall–Kier alpha value is -1.96. The molecule has 2 N–H and O–H groups in total. The third kappa shape index (κ3) is 5.35. The standard InChI is InChI=1S/C22H25BrN2O3S/c1-2-15-24-29(27,28)16-17-5-11-20(12-6-17)25-21(26)22(13-3-4-14-22)18-7-9-19(23)10-8-18/h2,5-12,24H,1,3-4,13-16H2,(H,25,26). The van der Waals surface area contributed by atoms with Gasteiger partial charge in [-0.15, -0.1) is 6.58 Å². The lowest BCUT2D eigenvalue weighted by Gasteiger charge is -2.28. The van der Waals surface area contributed by atoms with Crippen LogP contribution in [0.25, 0.3) is 0 Å². The highest BCUT2D eigenvalue weighted by Crippen LogP contribution is 2.42. The lowest BCUT2D eigenvalue weighted by atomic mass is 9.78. The van der Waals surface area contributed by atoms with Gasteiger partial charge in [0.05, 0.1) is 11.2 Å². The summed E-state index contributed by atoms with van der Waals surface area (Å²) in [6.45, 7) is 3.71. The molecule has 1 amide bonds. The van der Waals surface area contributed by atoms with Crippen molar-refractivity contribution in [3.8, 4) is 0 Å². The third-order valence-corrected chi connectivity index (χ3v) is 7.15. The van der Waals surface area contributed by atoms with Crippen LogP contribution in [0.4, 0.5) is 5.69 Å². The molecule has 0 spiro atoms. The maximum Gasteiger partial charge on any atom is 0.235 e. The first-order chi connectivity index (χ1) is 13.8. The minimum Gasteiger partial charge on any atom is -0.325 e. The minimum absolute atomic E-state index is 0.00894. The number of carbonyl (C=O) groups is 1. The molecule has 1 aliphatic rings. The van der Waals surface area contributed by atoms with Gasteiger partial charge in [-0.05, 0) is 48.2 Å². The van der Waals surface area contributed by atoms with Gasteiger partial charge in [-0.25, -0.2) is 13.1 Å². The van der Waals surface area contributed by atoms with E-state index in [4.69, 9.17) is 0 Å². The van der Waals surface area contributed by atoms with Crippen LogP contribution >= 0.6 is 15.9 Å². The lowest BCUT2D eigenvalue weighted by molar-refractivity contribution is -0.121. The fourth-order valence-corrected chi connectivity index (χ4v) is 5.16. The number of sulfonamides is 1. The van der Waals surface area contributed by atoms with E-state index in [9.17, 15) is 13.2 Å². The lowest BCUT2D eigenvalue weighted by Crippen LogP contribution is -2.38. The number of carbonyl (C=O) groups excluding carboxylic acids is 1. The van der Waals surface area contributed by atoms with Crippen LogP contribution in [0, 0.1) is 0 Å². The molecule has 1 saturated carbocycles. The second-order valence-electron chi connectivity index (χ2n) is 7.34. The van der Waals surface area contributed by atoms with Crippen molar-refractivity contribution in [2.45, 2.75) is 36.9 Å². The minimum atomic E-state index is -3.41. The molecular weight excluding hydrogens is 452 g/mol. The molecule has 0 aromatic heterocycles. The second kappa shape index (κ2) is 9.24. The van der Waals surface area contributed by atoms with E-state index >= 15 is 0 Å². The molecule has 1 fully saturated rings. The predicted octanol–water partition coefficient (Wildman–Crippen LogP) is 4.51. The average Bonchev–Trinajstić information content (AvgIpc) is 3.19. The Kier molecular flexibility index (Phi) is 6.93. The summed E-state index contributed by atoms with van der Waals surface area (Å²) in [7, 11) is -3.41. The van der Waals surface area contributed by atoms with Crippen molar-refractivity contribution in [3.05, 3.63) is 76.8 Å². The maximum absolute atomic E-state index is 13.2. The van der Waals surface area contributed by atoms with Crippen molar-refractivity contribution in [3.63, 3.8) is 0 Å². The van der Waals surface area contributed by atoms with Gasteiger partial charge in [-0.1, -0.05) is 59.1 Å². The fourth-order valence-electron chi connectivity index (χ4n) is 3.79. The van der Waals surface area contributed by atoms with E-state index in [-0.39, 0.29) is 18.2 Å². The summed E-state index contributed by atoms with van der Waals surface area (Å²) < 4.78 is 27.4. The van der Waals surface area contributed by atoms with Crippen LogP contribution in [0.2, 0.25) is 0 Å².